The van der Waals surface area contributed by atoms with Gasteiger partial charge in [-0.15, -0.1) is 0 Å². The number of benzene rings is 1. The van der Waals surface area contributed by atoms with Crippen molar-refractivity contribution in [2.45, 2.75) is 6.18 Å². The maximum Gasteiger partial charge on any atom is 0.417 e. The monoisotopic (exact) mass is 348 g/mol. The largest absolute Gasteiger partial charge is 0.417 e. The van der Waals surface area contributed by atoms with Crippen molar-refractivity contribution in [3.05, 3.63) is 58.1 Å². The predicted octanol–water partition coefficient (Wildman–Crippen LogP) is 3.76. The molecule has 1 aromatic carbocycles. The lowest BCUT2D eigenvalue weighted by Crippen LogP contribution is -2.17. The number of carbonyl (C=O) groups excluding carboxylic acids is 2. The van der Waals surface area contributed by atoms with Crippen LogP contribution in [-0.4, -0.2) is 21.0 Å². The first-order chi connectivity index (χ1) is 10.2. The molecule has 0 aliphatic rings. The van der Waals surface area contributed by atoms with Gasteiger partial charge in [-0.2, -0.15) is 13.2 Å². The Balaban J connectivity index is 2.65. The van der Waals surface area contributed by atoms with Gasteiger partial charge in [0.1, 0.15) is 5.69 Å². The third-order valence-electron chi connectivity index (χ3n) is 2.63. The fraction of sp³-hybridized carbons (Fsp3) is 0.0769. The SMILES string of the molecule is O=C(Cl)c1nccnc1C(=O)c1cc(Cl)ccc1C(F)(F)F. The highest BCUT2D eigenvalue weighted by Gasteiger charge is 2.36. The van der Waals surface area contributed by atoms with E-state index in [0.29, 0.717) is 6.07 Å². The number of hydrogen-bond donors (Lipinski definition) is 0. The molecule has 22 heavy (non-hydrogen) atoms. The summed E-state index contributed by atoms with van der Waals surface area (Å²) >= 11 is 10.9. The van der Waals surface area contributed by atoms with Crippen LogP contribution < -0.4 is 0 Å². The number of ketones is 1. The maximum absolute atomic E-state index is 13.0. The number of nitrogens with zero attached hydrogens (tertiary/aromatic N) is 2. The van der Waals surface area contributed by atoms with Crippen molar-refractivity contribution in [2.24, 2.45) is 0 Å². The third-order valence-corrected chi connectivity index (χ3v) is 3.05. The van der Waals surface area contributed by atoms with Crippen molar-refractivity contribution in [1.82, 2.24) is 9.97 Å². The van der Waals surface area contributed by atoms with Gasteiger partial charge >= 0.3 is 6.18 Å². The van der Waals surface area contributed by atoms with Gasteiger partial charge in [-0.05, 0) is 29.8 Å². The Bertz CT molecular complexity index is 763. The van der Waals surface area contributed by atoms with Gasteiger partial charge in [0.2, 0.25) is 5.78 Å². The van der Waals surface area contributed by atoms with E-state index >= 15 is 0 Å². The molecule has 1 heterocycles. The Kier molecular flexibility index (Phi) is 4.48. The van der Waals surface area contributed by atoms with Crippen molar-refractivity contribution >= 4 is 34.2 Å². The summed E-state index contributed by atoms with van der Waals surface area (Å²) in [7, 11) is 0. The van der Waals surface area contributed by atoms with E-state index in [0.717, 1.165) is 24.5 Å². The smallest absolute Gasteiger partial charge is 0.287 e. The average Bonchev–Trinajstić information content (AvgIpc) is 2.45. The van der Waals surface area contributed by atoms with Crippen molar-refractivity contribution in [3.63, 3.8) is 0 Å². The van der Waals surface area contributed by atoms with E-state index in [1.165, 1.54) is 0 Å². The summed E-state index contributed by atoms with van der Waals surface area (Å²) < 4.78 is 39.0. The zero-order valence-electron chi connectivity index (χ0n) is 10.5. The number of halogens is 5. The minimum atomic E-state index is -4.77. The molecule has 1 aromatic heterocycles. The number of carbonyl (C=O) groups is 2. The van der Waals surface area contributed by atoms with Crippen LogP contribution in [0.1, 0.15) is 32.1 Å². The summed E-state index contributed by atoms with van der Waals surface area (Å²) in [6.07, 6.45) is -2.62. The molecule has 0 saturated carbocycles. The summed E-state index contributed by atoms with van der Waals surface area (Å²) in [5.74, 6) is -1.15. The quantitative estimate of drug-likeness (QED) is 0.625. The van der Waals surface area contributed by atoms with E-state index in [-0.39, 0.29) is 5.02 Å². The molecule has 0 saturated heterocycles. The lowest BCUT2D eigenvalue weighted by Gasteiger charge is -2.12. The lowest BCUT2D eigenvalue weighted by molar-refractivity contribution is -0.137. The molecule has 0 unspecified atom stereocenters. The van der Waals surface area contributed by atoms with Crippen molar-refractivity contribution in [1.29, 1.82) is 0 Å². The normalized spacial score (nSPS) is 11.3. The van der Waals surface area contributed by atoms with E-state index < -0.39 is 39.7 Å². The van der Waals surface area contributed by atoms with Crippen LogP contribution >= 0.6 is 23.2 Å². The van der Waals surface area contributed by atoms with Gasteiger partial charge in [-0.1, -0.05) is 11.6 Å². The fourth-order valence-corrected chi connectivity index (χ4v) is 2.04. The summed E-state index contributed by atoms with van der Waals surface area (Å²) in [6, 6.07) is 2.53. The molecule has 0 radical (unpaired) electrons. The van der Waals surface area contributed by atoms with E-state index in [4.69, 9.17) is 23.2 Å². The molecule has 9 heteroatoms. The second-order valence-electron chi connectivity index (χ2n) is 4.04. The second kappa shape index (κ2) is 6.02. The van der Waals surface area contributed by atoms with Crippen LogP contribution in [0.4, 0.5) is 13.2 Å². The van der Waals surface area contributed by atoms with Crippen LogP contribution in [0.5, 0.6) is 0 Å². The predicted molar refractivity (Wildman–Crippen MR) is 72.1 cm³/mol. The van der Waals surface area contributed by atoms with Gasteiger partial charge in [-0.25, -0.2) is 9.97 Å². The first-order valence-electron chi connectivity index (χ1n) is 5.64. The first kappa shape index (κ1) is 16.4. The zero-order chi connectivity index (χ0) is 16.5. The minimum Gasteiger partial charge on any atom is -0.287 e. The third kappa shape index (κ3) is 3.26. The van der Waals surface area contributed by atoms with Gasteiger partial charge < -0.3 is 0 Å². The molecular formula is C13H5Cl2F3N2O2. The van der Waals surface area contributed by atoms with E-state index in [2.05, 4.69) is 9.97 Å². The fourth-order valence-electron chi connectivity index (χ4n) is 1.73. The molecule has 2 aromatic rings. The number of aromatic nitrogens is 2. The molecule has 0 amide bonds. The van der Waals surface area contributed by atoms with Gasteiger partial charge in [0, 0.05) is 23.0 Å². The topological polar surface area (TPSA) is 59.9 Å². The van der Waals surface area contributed by atoms with Crippen LogP contribution in [0.3, 0.4) is 0 Å². The Hall–Kier alpha value is -1.99. The molecule has 2 rings (SSSR count). The standard InChI is InChI=1S/C13H5Cl2F3N2O2/c14-6-1-2-8(13(16,17)18)7(5-6)11(21)9-10(12(15)22)20-4-3-19-9/h1-5H. The molecule has 0 bridgehead atoms. The van der Waals surface area contributed by atoms with E-state index in [1.54, 1.807) is 0 Å². The molecule has 0 spiro atoms. The van der Waals surface area contributed by atoms with Crippen LogP contribution in [0.25, 0.3) is 0 Å². The summed E-state index contributed by atoms with van der Waals surface area (Å²) in [6.45, 7) is 0. The van der Waals surface area contributed by atoms with Crippen molar-refractivity contribution in [3.8, 4) is 0 Å². The Morgan fingerprint density at radius 2 is 1.64 bits per heavy atom. The molecule has 0 atom stereocenters. The van der Waals surface area contributed by atoms with Crippen LogP contribution in [-0.2, 0) is 6.18 Å². The molecule has 0 aliphatic carbocycles. The highest BCUT2D eigenvalue weighted by Crippen LogP contribution is 2.34. The molecule has 0 N–H and O–H groups in total. The summed E-state index contributed by atoms with van der Waals surface area (Å²) in [5.41, 5.74) is -3.03. The average molecular weight is 349 g/mol. The number of hydrogen-bond acceptors (Lipinski definition) is 4. The molecule has 0 fully saturated rings. The van der Waals surface area contributed by atoms with Crippen molar-refractivity contribution < 1.29 is 22.8 Å². The summed E-state index contributed by atoms with van der Waals surface area (Å²) in [5, 5.41) is -1.17. The molecule has 0 aliphatic heterocycles. The summed E-state index contributed by atoms with van der Waals surface area (Å²) in [4.78, 5) is 30.7. The first-order valence-corrected chi connectivity index (χ1v) is 6.39. The van der Waals surface area contributed by atoms with Crippen molar-refractivity contribution in [2.75, 3.05) is 0 Å². The molecular weight excluding hydrogens is 344 g/mol. The second-order valence-corrected chi connectivity index (χ2v) is 4.82. The Morgan fingerprint density at radius 1 is 1.05 bits per heavy atom. The van der Waals surface area contributed by atoms with Crippen LogP contribution in [0.2, 0.25) is 5.02 Å². The highest BCUT2D eigenvalue weighted by atomic mass is 35.5. The molecule has 4 nitrogen and oxygen atoms in total. The van der Waals surface area contributed by atoms with Crippen LogP contribution in [0, 0.1) is 0 Å². The van der Waals surface area contributed by atoms with E-state index in [1.807, 2.05) is 0 Å². The highest BCUT2D eigenvalue weighted by molar-refractivity contribution is 6.67. The van der Waals surface area contributed by atoms with Gasteiger partial charge in [0.25, 0.3) is 5.24 Å². The molecule has 114 valence electrons. The lowest BCUT2D eigenvalue weighted by atomic mass is 10.00. The van der Waals surface area contributed by atoms with Gasteiger partial charge in [0.15, 0.2) is 5.69 Å². The maximum atomic E-state index is 13.0. The minimum absolute atomic E-state index is 0.0704. The Labute approximate surface area is 131 Å². The Morgan fingerprint density at radius 3 is 2.18 bits per heavy atom. The van der Waals surface area contributed by atoms with Gasteiger partial charge in [0.05, 0.1) is 5.56 Å². The van der Waals surface area contributed by atoms with Crippen LogP contribution in [0.15, 0.2) is 30.6 Å². The number of alkyl halides is 3. The van der Waals surface area contributed by atoms with E-state index in [9.17, 15) is 22.8 Å². The van der Waals surface area contributed by atoms with Gasteiger partial charge in [-0.3, -0.25) is 9.59 Å². The number of rotatable bonds is 3. The zero-order valence-corrected chi connectivity index (χ0v) is 12.0.